The molecule has 0 spiro atoms. The molecule has 178 valence electrons. The van der Waals surface area contributed by atoms with Crippen LogP contribution in [-0.2, 0) is 20.4 Å². The van der Waals surface area contributed by atoms with E-state index in [4.69, 9.17) is 14.5 Å². The van der Waals surface area contributed by atoms with E-state index in [1.54, 1.807) is 6.07 Å². The van der Waals surface area contributed by atoms with Gasteiger partial charge in [0.05, 0.1) is 24.4 Å². The van der Waals surface area contributed by atoms with Gasteiger partial charge in [-0.1, -0.05) is 11.3 Å². The number of phosphoric acid groups is 1. The molecule has 0 unspecified atom stereocenters. The summed E-state index contributed by atoms with van der Waals surface area (Å²) in [5.74, 6) is 0.0136. The smallest absolute Gasteiger partial charge is 0.387 e. The van der Waals surface area contributed by atoms with E-state index in [2.05, 4.69) is 24.8 Å². The largest absolute Gasteiger partial charge is 0.469 e. The third kappa shape index (κ3) is 4.94. The number of H-pyrrole nitrogens is 1. The number of rotatable bonds is 8. The van der Waals surface area contributed by atoms with Crippen LogP contribution in [0.3, 0.4) is 0 Å². The van der Waals surface area contributed by atoms with Gasteiger partial charge < -0.3 is 30.1 Å². The highest BCUT2D eigenvalue weighted by molar-refractivity contribution is 7.46. The Labute approximate surface area is 186 Å². The fourth-order valence-corrected chi connectivity index (χ4v) is 4.29. The van der Waals surface area contributed by atoms with Gasteiger partial charge in [0, 0.05) is 10.9 Å². The standard InChI is InChI=1S/C15H17N6O10PS/c22-10-7(4-30-32(27,28)29)31-14(11(10)23)20-5-17-9-12(20)18-15(19-13(9)24)16-3-6-1-2-8(33-6)21(25)26/h1-2,5,7,10-11,14,22-23H,3-4H2,(H2,27,28,29)(H2,16,18,19,24)/t7-,10-,11-,14-/m1/s1. The summed E-state index contributed by atoms with van der Waals surface area (Å²) in [6.45, 7) is -0.566. The van der Waals surface area contributed by atoms with Crippen molar-refractivity contribution in [3.63, 3.8) is 0 Å². The van der Waals surface area contributed by atoms with Gasteiger partial charge in [-0.15, -0.1) is 0 Å². The van der Waals surface area contributed by atoms with Crippen molar-refractivity contribution in [1.82, 2.24) is 19.5 Å². The molecule has 0 saturated carbocycles. The van der Waals surface area contributed by atoms with Gasteiger partial charge in [-0.2, -0.15) is 4.98 Å². The van der Waals surface area contributed by atoms with Crippen molar-refractivity contribution in [2.45, 2.75) is 31.1 Å². The number of hydrogen-bond donors (Lipinski definition) is 6. The number of aromatic amines is 1. The average Bonchev–Trinajstić information content (AvgIpc) is 3.44. The van der Waals surface area contributed by atoms with E-state index >= 15 is 0 Å². The first kappa shape index (κ1) is 23.4. The molecule has 0 bridgehead atoms. The second-order valence-electron chi connectivity index (χ2n) is 6.92. The molecule has 4 rings (SSSR count). The quantitative estimate of drug-likeness (QED) is 0.128. The van der Waals surface area contributed by atoms with Crippen LogP contribution < -0.4 is 10.9 Å². The molecule has 1 aliphatic rings. The first-order valence-corrected chi connectivity index (χ1v) is 11.5. The molecule has 4 atom stereocenters. The van der Waals surface area contributed by atoms with Crippen LogP contribution in [0.5, 0.6) is 0 Å². The number of phosphoric ester groups is 1. The van der Waals surface area contributed by atoms with Gasteiger partial charge in [-0.05, 0) is 6.07 Å². The zero-order chi connectivity index (χ0) is 23.9. The lowest BCUT2D eigenvalue weighted by atomic mass is 10.1. The third-order valence-electron chi connectivity index (χ3n) is 4.71. The van der Waals surface area contributed by atoms with Gasteiger partial charge in [0.25, 0.3) is 5.56 Å². The molecule has 6 N–H and O–H groups in total. The van der Waals surface area contributed by atoms with Gasteiger partial charge in [0.15, 0.2) is 17.4 Å². The molecular weight excluding hydrogens is 487 g/mol. The molecule has 0 radical (unpaired) electrons. The monoisotopic (exact) mass is 504 g/mol. The van der Waals surface area contributed by atoms with E-state index < -0.39 is 49.5 Å². The summed E-state index contributed by atoms with van der Waals surface area (Å²) in [5, 5.41) is 34.1. The van der Waals surface area contributed by atoms with Gasteiger partial charge >= 0.3 is 12.8 Å². The van der Waals surface area contributed by atoms with Gasteiger partial charge in [0.2, 0.25) is 5.95 Å². The Morgan fingerprint density at radius 2 is 2.12 bits per heavy atom. The molecule has 0 aromatic carbocycles. The molecule has 3 aromatic heterocycles. The zero-order valence-corrected chi connectivity index (χ0v) is 18.0. The predicted octanol–water partition coefficient (Wildman–Crippen LogP) is -0.570. The first-order valence-electron chi connectivity index (χ1n) is 9.19. The normalized spacial score (nSPS) is 23.3. The highest BCUT2D eigenvalue weighted by Crippen LogP contribution is 2.38. The van der Waals surface area contributed by atoms with E-state index in [0.29, 0.717) is 4.88 Å². The van der Waals surface area contributed by atoms with Crippen molar-refractivity contribution >= 4 is 41.3 Å². The zero-order valence-electron chi connectivity index (χ0n) is 16.3. The van der Waals surface area contributed by atoms with Gasteiger partial charge in [-0.25, -0.2) is 9.55 Å². The second kappa shape index (κ2) is 8.88. The van der Waals surface area contributed by atoms with Gasteiger partial charge in [0.1, 0.15) is 18.3 Å². The summed E-state index contributed by atoms with van der Waals surface area (Å²) < 4.78 is 21.9. The molecule has 1 fully saturated rings. The van der Waals surface area contributed by atoms with Gasteiger partial charge in [-0.3, -0.25) is 29.0 Å². The van der Waals surface area contributed by atoms with Crippen molar-refractivity contribution in [2.24, 2.45) is 0 Å². The molecule has 18 heteroatoms. The summed E-state index contributed by atoms with van der Waals surface area (Å²) in [7, 11) is -4.83. The summed E-state index contributed by atoms with van der Waals surface area (Å²) in [4.78, 5) is 51.6. The lowest BCUT2D eigenvalue weighted by Crippen LogP contribution is -2.33. The minimum absolute atomic E-state index is 0.00813. The molecule has 33 heavy (non-hydrogen) atoms. The SMILES string of the molecule is O=c1[nH]c(NCc2ccc([N+](=O)[O-])s2)nc2c1ncn2[C@@H]1O[C@H](COP(=O)(O)O)[C@@H](O)[C@H]1O. The predicted molar refractivity (Wildman–Crippen MR) is 110 cm³/mol. The van der Waals surface area contributed by atoms with E-state index in [-0.39, 0.29) is 28.7 Å². The highest BCUT2D eigenvalue weighted by Gasteiger charge is 2.45. The number of nitro groups is 1. The average molecular weight is 504 g/mol. The summed E-state index contributed by atoms with van der Waals surface area (Å²) in [6, 6.07) is 2.91. The number of aliphatic hydroxyl groups excluding tert-OH is 2. The molecule has 0 amide bonds. The Hall–Kier alpha value is -2.76. The summed E-state index contributed by atoms with van der Waals surface area (Å²) >= 11 is 0.953. The van der Waals surface area contributed by atoms with Crippen molar-refractivity contribution in [1.29, 1.82) is 0 Å². The van der Waals surface area contributed by atoms with Crippen LogP contribution in [0, 0.1) is 10.1 Å². The second-order valence-corrected chi connectivity index (χ2v) is 9.31. The molecule has 1 saturated heterocycles. The maximum atomic E-state index is 12.4. The number of hydrogen-bond acceptors (Lipinski definition) is 12. The lowest BCUT2D eigenvalue weighted by Gasteiger charge is -2.16. The first-order chi connectivity index (χ1) is 15.5. The van der Waals surface area contributed by atoms with Crippen LogP contribution in [0.2, 0.25) is 0 Å². The fraction of sp³-hybridized carbons (Fsp3) is 0.400. The summed E-state index contributed by atoms with van der Waals surface area (Å²) in [5.41, 5.74) is -0.716. The van der Waals surface area contributed by atoms with Crippen molar-refractivity contribution < 1.29 is 38.7 Å². The number of nitrogens with one attached hydrogen (secondary N) is 2. The van der Waals surface area contributed by atoms with Crippen LogP contribution >= 0.6 is 19.2 Å². The molecule has 1 aliphatic heterocycles. The minimum atomic E-state index is -4.83. The Balaban J connectivity index is 1.56. The van der Waals surface area contributed by atoms with E-state index in [1.165, 1.54) is 10.6 Å². The third-order valence-corrected chi connectivity index (χ3v) is 6.23. The topological polar surface area (TPSA) is 235 Å². The number of thiophene rings is 1. The number of aromatic nitrogens is 4. The molecule has 16 nitrogen and oxygen atoms in total. The Morgan fingerprint density at radius 1 is 1.36 bits per heavy atom. The number of aliphatic hydroxyl groups is 2. The molecule has 4 heterocycles. The van der Waals surface area contributed by atoms with Crippen molar-refractivity contribution in [2.75, 3.05) is 11.9 Å². The maximum absolute atomic E-state index is 12.4. The van der Waals surface area contributed by atoms with Crippen LogP contribution in [0.25, 0.3) is 11.2 Å². The number of anilines is 1. The van der Waals surface area contributed by atoms with Crippen LogP contribution in [-0.4, -0.2) is 69.4 Å². The fourth-order valence-electron chi connectivity index (χ4n) is 3.19. The van der Waals surface area contributed by atoms with Crippen LogP contribution in [0.1, 0.15) is 11.1 Å². The van der Waals surface area contributed by atoms with E-state index in [9.17, 15) is 29.7 Å². The molecule has 3 aromatic rings. The lowest BCUT2D eigenvalue weighted by molar-refractivity contribution is -0.380. The van der Waals surface area contributed by atoms with Crippen molar-refractivity contribution in [3.8, 4) is 0 Å². The number of imidazole rings is 1. The Kier molecular flexibility index (Phi) is 6.30. The van der Waals surface area contributed by atoms with E-state index in [1.807, 2.05) is 0 Å². The molecular formula is C15H17N6O10PS. The summed E-state index contributed by atoms with van der Waals surface area (Å²) in [6.07, 6.45) is -4.49. The van der Waals surface area contributed by atoms with Crippen LogP contribution in [0.4, 0.5) is 10.9 Å². The van der Waals surface area contributed by atoms with Crippen molar-refractivity contribution in [3.05, 3.63) is 43.8 Å². The van der Waals surface area contributed by atoms with Crippen LogP contribution in [0.15, 0.2) is 23.3 Å². The Morgan fingerprint density at radius 3 is 2.79 bits per heavy atom. The minimum Gasteiger partial charge on any atom is -0.387 e. The number of fused-ring (bicyclic) bond motifs is 1. The number of ether oxygens (including phenoxy) is 1. The van der Waals surface area contributed by atoms with E-state index in [0.717, 1.165) is 17.7 Å². The maximum Gasteiger partial charge on any atom is 0.469 e. The number of nitrogens with zero attached hydrogens (tertiary/aromatic N) is 4. The highest BCUT2D eigenvalue weighted by atomic mass is 32.1. The Bertz CT molecular complexity index is 1290. The molecule has 0 aliphatic carbocycles.